The summed E-state index contributed by atoms with van der Waals surface area (Å²) in [6.45, 7) is 0. The lowest BCUT2D eigenvalue weighted by atomic mass is 9.98. The zero-order valence-electron chi connectivity index (χ0n) is 29.5. The van der Waals surface area contributed by atoms with Gasteiger partial charge in [0.15, 0.2) is 0 Å². The third-order valence-electron chi connectivity index (χ3n) is 11.1. The average Bonchev–Trinajstić information content (AvgIpc) is 3.59. The predicted molar refractivity (Wildman–Crippen MR) is 231 cm³/mol. The molecule has 11 rings (SSSR count). The van der Waals surface area contributed by atoms with Crippen LogP contribution in [0.4, 0.5) is 17.1 Å². The van der Waals surface area contributed by atoms with E-state index in [1.165, 1.54) is 81.7 Å². The largest absolute Gasteiger partial charge is 0.310 e. The first kappa shape index (κ1) is 30.5. The molecule has 0 unspecified atom stereocenters. The molecule has 2 heteroatoms. The standard InChI is InChI=1S/C52H34N2/c1-2-13-40(14-3-1)54-50-19-9-8-17-48(50)52-47(18-10-20-51(52)54)37-25-28-41(29-26-37)53(42-31-32-46-39(33-42)24-23-35-11-4-6-15-44(35)46)43-30-27-38-22-21-36-12-5-7-16-45(36)49(38)34-43/h1-34H. The Morgan fingerprint density at radius 2 is 0.852 bits per heavy atom. The minimum absolute atomic E-state index is 1.11. The van der Waals surface area contributed by atoms with Gasteiger partial charge in [-0.1, -0.05) is 146 Å². The molecule has 10 aromatic carbocycles. The first-order valence-corrected chi connectivity index (χ1v) is 18.6. The van der Waals surface area contributed by atoms with Crippen molar-refractivity contribution in [3.05, 3.63) is 206 Å². The monoisotopic (exact) mass is 686 g/mol. The molecule has 0 saturated heterocycles. The highest BCUT2D eigenvalue weighted by Gasteiger charge is 2.18. The van der Waals surface area contributed by atoms with Crippen molar-refractivity contribution < 1.29 is 0 Å². The second-order valence-corrected chi connectivity index (χ2v) is 14.2. The van der Waals surface area contributed by atoms with Crippen molar-refractivity contribution in [2.75, 3.05) is 4.90 Å². The van der Waals surface area contributed by atoms with Crippen molar-refractivity contribution in [2.24, 2.45) is 0 Å². The van der Waals surface area contributed by atoms with E-state index in [9.17, 15) is 0 Å². The second kappa shape index (κ2) is 12.2. The molecule has 0 bridgehead atoms. The second-order valence-electron chi connectivity index (χ2n) is 14.2. The van der Waals surface area contributed by atoms with Gasteiger partial charge in [0.1, 0.15) is 0 Å². The molecule has 0 fully saturated rings. The fourth-order valence-electron chi connectivity index (χ4n) is 8.62. The van der Waals surface area contributed by atoms with Crippen LogP contribution >= 0.6 is 0 Å². The number of fused-ring (bicyclic) bond motifs is 9. The fraction of sp³-hybridized carbons (Fsp3) is 0. The lowest BCUT2D eigenvalue weighted by Crippen LogP contribution is -2.10. The van der Waals surface area contributed by atoms with Crippen LogP contribution in [0.25, 0.3) is 81.7 Å². The van der Waals surface area contributed by atoms with Gasteiger partial charge in [-0.25, -0.2) is 0 Å². The number of hydrogen-bond acceptors (Lipinski definition) is 1. The van der Waals surface area contributed by atoms with Crippen molar-refractivity contribution in [2.45, 2.75) is 0 Å². The molecule has 2 nitrogen and oxygen atoms in total. The summed E-state index contributed by atoms with van der Waals surface area (Å²) in [5.41, 5.74) is 9.36. The Labute approximate surface area is 313 Å². The van der Waals surface area contributed by atoms with Gasteiger partial charge in [0.2, 0.25) is 0 Å². The summed E-state index contributed by atoms with van der Waals surface area (Å²) in [4.78, 5) is 2.40. The summed E-state index contributed by atoms with van der Waals surface area (Å²) in [5.74, 6) is 0. The molecule has 252 valence electrons. The Bertz CT molecular complexity index is 3210. The summed E-state index contributed by atoms with van der Waals surface area (Å²) in [6, 6.07) is 75.3. The van der Waals surface area contributed by atoms with Gasteiger partial charge < -0.3 is 9.47 Å². The van der Waals surface area contributed by atoms with E-state index in [1.54, 1.807) is 0 Å². The van der Waals surface area contributed by atoms with Gasteiger partial charge in [-0.2, -0.15) is 0 Å². The minimum atomic E-state index is 1.11. The van der Waals surface area contributed by atoms with E-state index in [0.29, 0.717) is 0 Å². The molecule has 0 aliphatic rings. The number of para-hydroxylation sites is 2. The van der Waals surface area contributed by atoms with Crippen LogP contribution in [0.2, 0.25) is 0 Å². The van der Waals surface area contributed by atoms with Crippen LogP contribution in [0.3, 0.4) is 0 Å². The van der Waals surface area contributed by atoms with E-state index in [1.807, 2.05) is 0 Å². The quantitative estimate of drug-likeness (QED) is 0.164. The van der Waals surface area contributed by atoms with Crippen LogP contribution in [0.15, 0.2) is 206 Å². The lowest BCUT2D eigenvalue weighted by Gasteiger charge is -2.27. The Kier molecular flexibility index (Phi) is 6.90. The molecular formula is C52H34N2. The number of anilines is 3. The highest BCUT2D eigenvalue weighted by Crippen LogP contribution is 2.42. The summed E-state index contributed by atoms with van der Waals surface area (Å²) in [6.07, 6.45) is 0. The Balaban J connectivity index is 1.09. The normalized spacial score (nSPS) is 11.7. The highest BCUT2D eigenvalue weighted by atomic mass is 15.1. The maximum Gasteiger partial charge on any atom is 0.0547 e. The molecule has 1 aromatic heterocycles. The summed E-state index contributed by atoms with van der Waals surface area (Å²) in [7, 11) is 0. The molecule has 0 amide bonds. The zero-order chi connectivity index (χ0) is 35.6. The molecule has 1 heterocycles. The third kappa shape index (κ3) is 4.81. The number of rotatable bonds is 5. The molecule has 0 aliphatic carbocycles. The van der Waals surface area contributed by atoms with Crippen LogP contribution in [0.1, 0.15) is 0 Å². The van der Waals surface area contributed by atoms with Crippen molar-refractivity contribution >= 4 is 82.0 Å². The third-order valence-corrected chi connectivity index (χ3v) is 11.1. The van der Waals surface area contributed by atoms with Crippen LogP contribution in [-0.2, 0) is 0 Å². The first-order chi connectivity index (χ1) is 26.8. The maximum absolute atomic E-state index is 2.40. The van der Waals surface area contributed by atoms with E-state index in [2.05, 4.69) is 216 Å². The smallest absolute Gasteiger partial charge is 0.0547 e. The molecule has 0 N–H and O–H groups in total. The topological polar surface area (TPSA) is 8.17 Å². The Hall–Kier alpha value is -7.16. The molecule has 0 aliphatic heterocycles. The molecule has 54 heavy (non-hydrogen) atoms. The summed E-state index contributed by atoms with van der Waals surface area (Å²) < 4.78 is 2.39. The van der Waals surface area contributed by atoms with Gasteiger partial charge in [0.05, 0.1) is 11.0 Å². The van der Waals surface area contributed by atoms with Gasteiger partial charge in [0, 0.05) is 33.5 Å². The van der Waals surface area contributed by atoms with Crippen LogP contribution in [0.5, 0.6) is 0 Å². The van der Waals surface area contributed by atoms with Crippen LogP contribution in [0, 0.1) is 0 Å². The fourth-order valence-corrected chi connectivity index (χ4v) is 8.62. The summed E-state index contributed by atoms with van der Waals surface area (Å²) >= 11 is 0. The number of benzene rings is 10. The molecule has 11 aromatic rings. The highest BCUT2D eigenvalue weighted by molar-refractivity contribution is 6.16. The van der Waals surface area contributed by atoms with Gasteiger partial charge >= 0.3 is 0 Å². The SMILES string of the molecule is c1ccc(-n2c3ccccc3c3c(-c4ccc(N(c5ccc6c(ccc7ccccc76)c5)c5ccc6ccc7ccccc7c6c5)cc4)cccc32)cc1. The predicted octanol–water partition coefficient (Wildman–Crippen LogP) is 14.5. The van der Waals surface area contributed by atoms with Gasteiger partial charge in [0.25, 0.3) is 0 Å². The number of aromatic nitrogens is 1. The number of nitrogens with zero attached hydrogens (tertiary/aromatic N) is 2. The van der Waals surface area contributed by atoms with E-state index in [4.69, 9.17) is 0 Å². The van der Waals surface area contributed by atoms with E-state index in [-0.39, 0.29) is 0 Å². The Morgan fingerprint density at radius 1 is 0.315 bits per heavy atom. The molecular weight excluding hydrogens is 653 g/mol. The maximum atomic E-state index is 2.40. The first-order valence-electron chi connectivity index (χ1n) is 18.6. The zero-order valence-corrected chi connectivity index (χ0v) is 29.5. The lowest BCUT2D eigenvalue weighted by molar-refractivity contribution is 1.18. The molecule has 0 spiro atoms. The van der Waals surface area contributed by atoms with Gasteiger partial charge in [-0.3, -0.25) is 0 Å². The Morgan fingerprint density at radius 3 is 1.63 bits per heavy atom. The van der Waals surface area contributed by atoms with E-state index >= 15 is 0 Å². The van der Waals surface area contributed by atoms with Gasteiger partial charge in [-0.15, -0.1) is 0 Å². The van der Waals surface area contributed by atoms with Crippen molar-refractivity contribution in [3.8, 4) is 16.8 Å². The van der Waals surface area contributed by atoms with Crippen molar-refractivity contribution in [1.82, 2.24) is 4.57 Å². The van der Waals surface area contributed by atoms with Crippen LogP contribution < -0.4 is 4.90 Å². The van der Waals surface area contributed by atoms with Crippen molar-refractivity contribution in [1.29, 1.82) is 0 Å². The van der Waals surface area contributed by atoms with Crippen molar-refractivity contribution in [3.63, 3.8) is 0 Å². The molecule has 0 radical (unpaired) electrons. The minimum Gasteiger partial charge on any atom is -0.310 e. The molecule has 0 saturated carbocycles. The summed E-state index contributed by atoms with van der Waals surface area (Å²) in [5, 5.41) is 12.5. The van der Waals surface area contributed by atoms with E-state index < -0.39 is 0 Å². The average molecular weight is 687 g/mol. The van der Waals surface area contributed by atoms with Gasteiger partial charge in [-0.05, 0) is 115 Å². The number of hydrogen-bond donors (Lipinski definition) is 0. The van der Waals surface area contributed by atoms with E-state index in [0.717, 1.165) is 17.1 Å². The molecule has 0 atom stereocenters. The van der Waals surface area contributed by atoms with Crippen LogP contribution in [-0.4, -0.2) is 4.57 Å².